The summed E-state index contributed by atoms with van der Waals surface area (Å²) in [5.41, 5.74) is 0.467. The molecule has 0 aliphatic carbocycles. The Morgan fingerprint density at radius 2 is 1.91 bits per heavy atom. The third-order valence-corrected chi connectivity index (χ3v) is 3.21. The van der Waals surface area contributed by atoms with Gasteiger partial charge in [0.1, 0.15) is 5.75 Å². The van der Waals surface area contributed by atoms with E-state index in [9.17, 15) is 9.59 Å². The largest absolute Gasteiger partial charge is 0.496 e. The van der Waals surface area contributed by atoms with Crippen molar-refractivity contribution in [3.8, 4) is 5.75 Å². The minimum Gasteiger partial charge on any atom is -0.496 e. The minimum absolute atomic E-state index is 0.187. The average Bonchev–Trinajstić information content (AvgIpc) is 2.51. The highest BCUT2D eigenvalue weighted by atomic mass is 16.5. The molecule has 6 nitrogen and oxygen atoms in total. The lowest BCUT2D eigenvalue weighted by Gasteiger charge is -2.21. The standard InChI is InChI=1S/C17H26N2O4/c1-5-23-17(21)19-13(10-12(2)3)11-18-16(20)14-8-6-7-9-15(14)22-4/h6-9,12-13H,5,10-11H2,1-4H3,(H,18,20)(H,19,21)/t13-/m1/s1. The summed E-state index contributed by atoms with van der Waals surface area (Å²) >= 11 is 0. The zero-order chi connectivity index (χ0) is 17.2. The summed E-state index contributed by atoms with van der Waals surface area (Å²) in [7, 11) is 1.52. The average molecular weight is 322 g/mol. The second kappa shape index (κ2) is 9.71. The van der Waals surface area contributed by atoms with Gasteiger partial charge in [0.05, 0.1) is 19.3 Å². The molecule has 0 unspecified atom stereocenters. The van der Waals surface area contributed by atoms with Crippen LogP contribution in [0.15, 0.2) is 24.3 Å². The molecule has 1 aromatic rings. The van der Waals surface area contributed by atoms with E-state index in [1.807, 2.05) is 0 Å². The first kappa shape index (κ1) is 18.8. The molecule has 1 atom stereocenters. The molecule has 0 aliphatic rings. The number of nitrogens with one attached hydrogen (secondary N) is 2. The van der Waals surface area contributed by atoms with Crippen molar-refractivity contribution in [1.29, 1.82) is 0 Å². The molecule has 0 aliphatic heterocycles. The van der Waals surface area contributed by atoms with Gasteiger partial charge in [-0.2, -0.15) is 0 Å². The lowest BCUT2D eigenvalue weighted by Crippen LogP contribution is -2.44. The second-order valence-electron chi connectivity index (χ2n) is 5.60. The van der Waals surface area contributed by atoms with Gasteiger partial charge in [0, 0.05) is 12.6 Å². The van der Waals surface area contributed by atoms with Crippen molar-refractivity contribution >= 4 is 12.0 Å². The molecule has 0 spiro atoms. The number of carbonyl (C=O) groups excluding carboxylic acids is 2. The first-order valence-corrected chi connectivity index (χ1v) is 7.82. The number of amides is 2. The van der Waals surface area contributed by atoms with Crippen molar-refractivity contribution in [2.24, 2.45) is 5.92 Å². The molecule has 0 heterocycles. The van der Waals surface area contributed by atoms with Crippen LogP contribution in [0.4, 0.5) is 4.79 Å². The van der Waals surface area contributed by atoms with Crippen LogP contribution in [0, 0.1) is 5.92 Å². The van der Waals surface area contributed by atoms with E-state index in [-0.39, 0.29) is 11.9 Å². The van der Waals surface area contributed by atoms with Gasteiger partial charge in [0.2, 0.25) is 0 Å². The maximum Gasteiger partial charge on any atom is 0.407 e. The Morgan fingerprint density at radius 3 is 2.52 bits per heavy atom. The van der Waals surface area contributed by atoms with Gasteiger partial charge >= 0.3 is 6.09 Å². The van der Waals surface area contributed by atoms with E-state index in [4.69, 9.17) is 9.47 Å². The van der Waals surface area contributed by atoms with E-state index in [0.29, 0.717) is 30.4 Å². The number of hydrogen-bond donors (Lipinski definition) is 2. The van der Waals surface area contributed by atoms with Gasteiger partial charge in [0.25, 0.3) is 5.91 Å². The van der Waals surface area contributed by atoms with Gasteiger partial charge in [-0.3, -0.25) is 4.79 Å². The molecule has 0 fully saturated rings. The summed E-state index contributed by atoms with van der Waals surface area (Å²) in [6.07, 6.45) is 0.273. The van der Waals surface area contributed by atoms with Crippen LogP contribution in [0.5, 0.6) is 5.75 Å². The van der Waals surface area contributed by atoms with Crippen LogP contribution < -0.4 is 15.4 Å². The number of carbonyl (C=O) groups is 2. The maximum absolute atomic E-state index is 12.3. The van der Waals surface area contributed by atoms with Crippen LogP contribution in [0.3, 0.4) is 0 Å². The fourth-order valence-electron chi connectivity index (χ4n) is 2.25. The normalized spacial score (nSPS) is 11.7. The topological polar surface area (TPSA) is 76.7 Å². The van der Waals surface area contributed by atoms with Gasteiger partial charge in [-0.15, -0.1) is 0 Å². The van der Waals surface area contributed by atoms with Crippen molar-refractivity contribution in [1.82, 2.24) is 10.6 Å². The van der Waals surface area contributed by atoms with Gasteiger partial charge in [-0.25, -0.2) is 4.79 Å². The summed E-state index contributed by atoms with van der Waals surface area (Å²) < 4.78 is 10.1. The van der Waals surface area contributed by atoms with Gasteiger partial charge in [0.15, 0.2) is 0 Å². The predicted octanol–water partition coefficient (Wildman–Crippen LogP) is 2.59. The first-order valence-electron chi connectivity index (χ1n) is 7.82. The van der Waals surface area contributed by atoms with Crippen molar-refractivity contribution in [2.45, 2.75) is 33.2 Å². The summed E-state index contributed by atoms with van der Waals surface area (Å²) in [5, 5.41) is 5.61. The Morgan fingerprint density at radius 1 is 1.22 bits per heavy atom. The van der Waals surface area contributed by atoms with E-state index in [1.54, 1.807) is 31.2 Å². The summed E-state index contributed by atoms with van der Waals surface area (Å²) in [6, 6.07) is 6.83. The molecule has 0 saturated heterocycles. The molecule has 1 aromatic carbocycles. The number of ether oxygens (including phenoxy) is 2. The Labute approximate surface area is 137 Å². The number of benzene rings is 1. The van der Waals surface area contributed by atoms with Crippen LogP contribution in [-0.2, 0) is 4.74 Å². The number of alkyl carbamates (subject to hydrolysis) is 1. The Hall–Kier alpha value is -2.24. The predicted molar refractivity (Wildman–Crippen MR) is 88.7 cm³/mol. The highest BCUT2D eigenvalue weighted by Gasteiger charge is 2.17. The minimum atomic E-state index is -0.468. The van der Waals surface area contributed by atoms with Crippen molar-refractivity contribution in [3.05, 3.63) is 29.8 Å². The van der Waals surface area contributed by atoms with E-state index in [2.05, 4.69) is 24.5 Å². The monoisotopic (exact) mass is 322 g/mol. The molecule has 2 N–H and O–H groups in total. The van der Waals surface area contributed by atoms with Crippen LogP contribution in [0.2, 0.25) is 0 Å². The molecular weight excluding hydrogens is 296 g/mol. The zero-order valence-corrected chi connectivity index (χ0v) is 14.2. The third kappa shape index (κ3) is 6.59. The van der Waals surface area contributed by atoms with E-state index < -0.39 is 6.09 Å². The fourth-order valence-corrected chi connectivity index (χ4v) is 2.25. The maximum atomic E-state index is 12.3. The third-order valence-electron chi connectivity index (χ3n) is 3.21. The van der Waals surface area contributed by atoms with Crippen LogP contribution in [0.25, 0.3) is 0 Å². The van der Waals surface area contributed by atoms with Crippen molar-refractivity contribution in [2.75, 3.05) is 20.3 Å². The second-order valence-corrected chi connectivity index (χ2v) is 5.60. The van der Waals surface area contributed by atoms with Gasteiger partial charge in [-0.05, 0) is 31.4 Å². The van der Waals surface area contributed by atoms with Crippen molar-refractivity contribution in [3.63, 3.8) is 0 Å². The van der Waals surface area contributed by atoms with Crippen LogP contribution >= 0.6 is 0 Å². The van der Waals surface area contributed by atoms with Crippen LogP contribution in [0.1, 0.15) is 37.6 Å². The number of para-hydroxylation sites is 1. The zero-order valence-electron chi connectivity index (χ0n) is 14.2. The Bertz CT molecular complexity index is 517. The molecule has 6 heteroatoms. The smallest absolute Gasteiger partial charge is 0.407 e. The quantitative estimate of drug-likeness (QED) is 0.771. The van der Waals surface area contributed by atoms with Crippen molar-refractivity contribution < 1.29 is 19.1 Å². The summed E-state index contributed by atoms with van der Waals surface area (Å²) in [6.45, 7) is 6.51. The molecule has 0 saturated carbocycles. The molecule has 1 rings (SSSR count). The van der Waals surface area contributed by atoms with Crippen LogP contribution in [-0.4, -0.2) is 38.3 Å². The lowest BCUT2D eigenvalue weighted by atomic mass is 10.0. The van der Waals surface area contributed by atoms with Gasteiger partial charge in [-0.1, -0.05) is 26.0 Å². The molecule has 0 aromatic heterocycles. The first-order chi connectivity index (χ1) is 11.0. The lowest BCUT2D eigenvalue weighted by molar-refractivity contribution is 0.0941. The molecule has 0 bridgehead atoms. The highest BCUT2D eigenvalue weighted by Crippen LogP contribution is 2.16. The molecule has 2 amide bonds. The van der Waals surface area contributed by atoms with Gasteiger partial charge < -0.3 is 20.1 Å². The van der Waals surface area contributed by atoms with E-state index in [1.165, 1.54) is 7.11 Å². The Balaban J connectivity index is 2.65. The molecular formula is C17H26N2O4. The number of hydrogen-bond acceptors (Lipinski definition) is 4. The fraction of sp³-hybridized carbons (Fsp3) is 0.529. The van der Waals surface area contributed by atoms with E-state index >= 15 is 0 Å². The van der Waals surface area contributed by atoms with E-state index in [0.717, 1.165) is 6.42 Å². The Kier molecular flexibility index (Phi) is 7.94. The summed E-state index contributed by atoms with van der Waals surface area (Å²) in [5.74, 6) is 0.663. The SMILES string of the molecule is CCOC(=O)N[C@@H](CNC(=O)c1ccccc1OC)CC(C)C. The number of methoxy groups -OCH3 is 1. The molecule has 23 heavy (non-hydrogen) atoms. The molecule has 128 valence electrons. The number of rotatable bonds is 8. The highest BCUT2D eigenvalue weighted by molar-refractivity contribution is 5.96. The molecule has 0 radical (unpaired) electrons. The summed E-state index contributed by atoms with van der Waals surface area (Å²) in [4.78, 5) is 23.9.